The number of thioether (sulfide) groups is 1. The van der Waals surface area contributed by atoms with Crippen molar-refractivity contribution in [2.75, 3.05) is 5.75 Å². The predicted octanol–water partition coefficient (Wildman–Crippen LogP) is 4.75. The molecule has 0 spiro atoms. The molecule has 0 aliphatic rings. The van der Waals surface area contributed by atoms with Gasteiger partial charge in [-0.1, -0.05) is 47.0 Å². The zero-order valence-corrected chi connectivity index (χ0v) is 12.8. The fraction of sp³-hybridized carbons (Fsp3) is 0.250. The summed E-state index contributed by atoms with van der Waals surface area (Å²) >= 11 is 7.71. The van der Waals surface area contributed by atoms with Crippen molar-refractivity contribution in [2.45, 2.75) is 24.8 Å². The maximum Gasteiger partial charge on any atom is 0.0417 e. The Balaban J connectivity index is 2.03. The van der Waals surface area contributed by atoms with Crippen molar-refractivity contribution in [3.05, 3.63) is 64.2 Å². The van der Waals surface area contributed by atoms with E-state index in [2.05, 4.69) is 38.1 Å². The van der Waals surface area contributed by atoms with Gasteiger partial charge in [-0.05, 0) is 37.6 Å². The first-order valence-electron chi connectivity index (χ1n) is 6.27. The summed E-state index contributed by atoms with van der Waals surface area (Å²) in [5.41, 5.74) is 9.99. The second kappa shape index (κ2) is 6.47. The number of hydrogen-bond acceptors (Lipinski definition) is 2. The van der Waals surface area contributed by atoms with Gasteiger partial charge in [-0.3, -0.25) is 0 Å². The van der Waals surface area contributed by atoms with Crippen LogP contribution in [-0.4, -0.2) is 5.75 Å². The highest BCUT2D eigenvalue weighted by molar-refractivity contribution is 7.99. The minimum absolute atomic E-state index is 0.0441. The third-order valence-corrected chi connectivity index (χ3v) is 4.25. The number of aryl methyl sites for hydroxylation is 2. The molecule has 2 N–H and O–H groups in total. The summed E-state index contributed by atoms with van der Waals surface area (Å²) in [6, 6.07) is 14.4. The summed E-state index contributed by atoms with van der Waals surface area (Å²) in [6.45, 7) is 4.21. The molecule has 0 aliphatic carbocycles. The molecule has 0 aromatic heterocycles. The van der Waals surface area contributed by atoms with Crippen LogP contribution in [0.5, 0.6) is 0 Å². The van der Waals surface area contributed by atoms with E-state index in [1.165, 1.54) is 16.7 Å². The first-order valence-corrected chi connectivity index (χ1v) is 7.63. The van der Waals surface area contributed by atoms with Crippen LogP contribution in [0, 0.1) is 13.8 Å². The molecule has 0 saturated carbocycles. The van der Waals surface area contributed by atoms with Crippen molar-refractivity contribution < 1.29 is 0 Å². The zero-order valence-electron chi connectivity index (χ0n) is 11.2. The van der Waals surface area contributed by atoms with Gasteiger partial charge in [0.25, 0.3) is 0 Å². The van der Waals surface area contributed by atoms with Crippen LogP contribution in [0.3, 0.4) is 0 Å². The highest BCUT2D eigenvalue weighted by Gasteiger charge is 2.08. The third-order valence-electron chi connectivity index (χ3n) is 2.90. The molecule has 1 atom stereocenters. The number of rotatable bonds is 4. The minimum atomic E-state index is 0.0441. The normalized spacial score (nSPS) is 12.4. The molecule has 19 heavy (non-hydrogen) atoms. The number of benzene rings is 2. The summed E-state index contributed by atoms with van der Waals surface area (Å²) in [5.74, 6) is 0.850. The highest BCUT2D eigenvalue weighted by Crippen LogP contribution is 2.26. The quantitative estimate of drug-likeness (QED) is 0.823. The average molecular weight is 292 g/mol. The Morgan fingerprint density at radius 2 is 1.79 bits per heavy atom. The van der Waals surface area contributed by atoms with Crippen LogP contribution in [0.25, 0.3) is 0 Å². The Labute approximate surface area is 124 Å². The van der Waals surface area contributed by atoms with Gasteiger partial charge in [0.05, 0.1) is 0 Å². The van der Waals surface area contributed by atoms with Crippen LogP contribution in [0.15, 0.2) is 47.4 Å². The van der Waals surface area contributed by atoms with Crippen molar-refractivity contribution in [1.82, 2.24) is 0 Å². The number of halogens is 1. The second-order valence-electron chi connectivity index (χ2n) is 4.80. The zero-order chi connectivity index (χ0) is 13.8. The summed E-state index contributed by atoms with van der Waals surface area (Å²) in [6.07, 6.45) is 0. The number of nitrogens with two attached hydrogens (primary N) is 1. The van der Waals surface area contributed by atoms with Crippen LogP contribution >= 0.6 is 23.4 Å². The summed E-state index contributed by atoms with van der Waals surface area (Å²) < 4.78 is 0. The molecule has 100 valence electrons. The lowest BCUT2D eigenvalue weighted by Gasteiger charge is -2.13. The fourth-order valence-electron chi connectivity index (χ4n) is 2.06. The highest BCUT2D eigenvalue weighted by atomic mass is 35.5. The third kappa shape index (κ3) is 4.27. The number of hydrogen-bond donors (Lipinski definition) is 1. The largest absolute Gasteiger partial charge is 0.323 e. The van der Waals surface area contributed by atoms with Gasteiger partial charge in [-0.2, -0.15) is 0 Å². The van der Waals surface area contributed by atoms with Gasteiger partial charge in [0.1, 0.15) is 0 Å². The molecule has 0 bridgehead atoms. The van der Waals surface area contributed by atoms with E-state index < -0.39 is 0 Å². The molecule has 0 heterocycles. The summed E-state index contributed by atoms with van der Waals surface area (Å²) in [7, 11) is 0. The molecule has 0 fully saturated rings. The lowest BCUT2D eigenvalue weighted by atomic mass is 10.0. The SMILES string of the molecule is Cc1cc(C)cc(C(N)CSc2cccc(Cl)c2)c1. The van der Waals surface area contributed by atoms with E-state index in [1.54, 1.807) is 11.8 Å². The van der Waals surface area contributed by atoms with E-state index in [1.807, 2.05) is 18.2 Å². The average Bonchev–Trinajstić information content (AvgIpc) is 2.35. The molecule has 1 unspecified atom stereocenters. The van der Waals surface area contributed by atoms with Gasteiger partial charge in [0, 0.05) is 21.7 Å². The van der Waals surface area contributed by atoms with Crippen molar-refractivity contribution in [2.24, 2.45) is 5.73 Å². The van der Waals surface area contributed by atoms with Gasteiger partial charge < -0.3 is 5.73 Å². The maximum atomic E-state index is 6.26. The van der Waals surface area contributed by atoms with E-state index in [4.69, 9.17) is 17.3 Å². The van der Waals surface area contributed by atoms with Gasteiger partial charge >= 0.3 is 0 Å². The van der Waals surface area contributed by atoms with Crippen molar-refractivity contribution >= 4 is 23.4 Å². The molecule has 0 radical (unpaired) electrons. The van der Waals surface area contributed by atoms with Crippen molar-refractivity contribution in [1.29, 1.82) is 0 Å². The molecule has 2 aromatic rings. The Hall–Kier alpha value is -0.960. The van der Waals surface area contributed by atoms with Gasteiger partial charge in [-0.15, -0.1) is 11.8 Å². The van der Waals surface area contributed by atoms with Gasteiger partial charge in [0.2, 0.25) is 0 Å². The van der Waals surface area contributed by atoms with Crippen LogP contribution in [0.4, 0.5) is 0 Å². The van der Waals surface area contributed by atoms with E-state index in [0.29, 0.717) is 0 Å². The molecular weight excluding hydrogens is 274 g/mol. The molecule has 2 aromatic carbocycles. The van der Waals surface area contributed by atoms with Crippen LogP contribution in [-0.2, 0) is 0 Å². The molecule has 0 amide bonds. The predicted molar refractivity (Wildman–Crippen MR) is 85.0 cm³/mol. The van der Waals surface area contributed by atoms with Crippen LogP contribution in [0.1, 0.15) is 22.7 Å². The fourth-order valence-corrected chi connectivity index (χ4v) is 3.27. The lowest BCUT2D eigenvalue weighted by Crippen LogP contribution is -2.13. The Morgan fingerprint density at radius 1 is 1.11 bits per heavy atom. The van der Waals surface area contributed by atoms with Crippen LogP contribution < -0.4 is 5.73 Å². The van der Waals surface area contributed by atoms with E-state index in [0.717, 1.165) is 15.7 Å². The topological polar surface area (TPSA) is 26.0 Å². The molecule has 1 nitrogen and oxygen atoms in total. The smallest absolute Gasteiger partial charge is 0.0417 e. The van der Waals surface area contributed by atoms with E-state index in [9.17, 15) is 0 Å². The summed E-state index contributed by atoms with van der Waals surface area (Å²) in [5, 5.41) is 0.768. The Kier molecular flexibility index (Phi) is 4.92. The maximum absolute atomic E-state index is 6.26. The van der Waals surface area contributed by atoms with Crippen molar-refractivity contribution in [3.63, 3.8) is 0 Å². The monoisotopic (exact) mass is 291 g/mol. The minimum Gasteiger partial charge on any atom is -0.323 e. The van der Waals surface area contributed by atoms with Crippen molar-refractivity contribution in [3.8, 4) is 0 Å². The lowest BCUT2D eigenvalue weighted by molar-refractivity contribution is 0.828. The van der Waals surface area contributed by atoms with E-state index >= 15 is 0 Å². The standard InChI is InChI=1S/C16H18ClNS/c1-11-6-12(2)8-13(7-11)16(18)10-19-15-5-3-4-14(17)9-15/h3-9,16H,10,18H2,1-2H3. The molecular formula is C16H18ClNS. The molecule has 0 aliphatic heterocycles. The Morgan fingerprint density at radius 3 is 2.42 bits per heavy atom. The summed E-state index contributed by atoms with van der Waals surface area (Å²) in [4.78, 5) is 1.16. The Bertz CT molecular complexity index is 548. The first-order chi connectivity index (χ1) is 9.04. The first kappa shape index (κ1) is 14.4. The van der Waals surface area contributed by atoms with E-state index in [-0.39, 0.29) is 6.04 Å². The molecule has 3 heteroatoms. The second-order valence-corrected chi connectivity index (χ2v) is 6.33. The van der Waals surface area contributed by atoms with Crippen LogP contribution in [0.2, 0.25) is 5.02 Å². The van der Waals surface area contributed by atoms with Gasteiger partial charge in [-0.25, -0.2) is 0 Å². The molecule has 0 saturated heterocycles. The molecule has 2 rings (SSSR count). The van der Waals surface area contributed by atoms with Gasteiger partial charge in [0.15, 0.2) is 0 Å².